The molecule has 35 heavy (non-hydrogen) atoms. The second-order valence-electron chi connectivity index (χ2n) is 9.80. The zero-order valence-electron chi connectivity index (χ0n) is 20.7. The molecule has 2 amide bonds. The average Bonchev–Trinajstić information content (AvgIpc) is 3.18. The molecule has 1 atom stereocenters. The lowest BCUT2D eigenvalue weighted by Gasteiger charge is -2.28. The number of nitrogens with one attached hydrogen (secondary N) is 2. The molecular weight excluding hydrogens is 462 g/mol. The summed E-state index contributed by atoms with van der Waals surface area (Å²) < 4.78 is 28.7. The number of aryl methyl sites for hydroxylation is 1. The fourth-order valence-electron chi connectivity index (χ4n) is 5.38. The molecule has 0 spiro atoms. The molecular formula is C27H35N3O4S. The van der Waals surface area contributed by atoms with Gasteiger partial charge in [-0.25, -0.2) is 13.1 Å². The molecule has 2 N–H and O–H groups in total. The quantitative estimate of drug-likeness (QED) is 0.597. The number of rotatable bonds is 7. The number of anilines is 2. The van der Waals surface area contributed by atoms with Crippen LogP contribution in [-0.4, -0.2) is 32.8 Å². The van der Waals surface area contributed by atoms with Crippen LogP contribution in [0.1, 0.15) is 57.6 Å². The van der Waals surface area contributed by atoms with Crippen LogP contribution < -0.4 is 14.9 Å². The third-order valence-corrected chi connectivity index (χ3v) is 8.77. The van der Waals surface area contributed by atoms with Gasteiger partial charge in [0.15, 0.2) is 0 Å². The van der Waals surface area contributed by atoms with Gasteiger partial charge in [0.25, 0.3) is 0 Å². The van der Waals surface area contributed by atoms with E-state index in [4.69, 9.17) is 0 Å². The normalized spacial score (nSPS) is 22.0. The van der Waals surface area contributed by atoms with Crippen molar-refractivity contribution >= 4 is 33.2 Å². The van der Waals surface area contributed by atoms with Crippen LogP contribution in [0.15, 0.2) is 47.4 Å². The van der Waals surface area contributed by atoms with Gasteiger partial charge in [0.05, 0.1) is 4.90 Å². The van der Waals surface area contributed by atoms with Gasteiger partial charge in [0.1, 0.15) is 0 Å². The van der Waals surface area contributed by atoms with E-state index in [0.717, 1.165) is 54.6 Å². The number of benzene rings is 2. The van der Waals surface area contributed by atoms with Crippen molar-refractivity contribution in [3.63, 3.8) is 0 Å². The Morgan fingerprint density at radius 2 is 1.77 bits per heavy atom. The first-order chi connectivity index (χ1) is 16.7. The van der Waals surface area contributed by atoms with Crippen molar-refractivity contribution in [1.29, 1.82) is 0 Å². The summed E-state index contributed by atoms with van der Waals surface area (Å²) >= 11 is 0. The van der Waals surface area contributed by atoms with Crippen molar-refractivity contribution in [3.8, 4) is 0 Å². The highest BCUT2D eigenvalue weighted by molar-refractivity contribution is 7.89. The minimum atomic E-state index is -3.65. The minimum absolute atomic E-state index is 0.0243. The Bertz CT molecular complexity index is 1200. The Morgan fingerprint density at radius 1 is 1.06 bits per heavy atom. The summed E-state index contributed by atoms with van der Waals surface area (Å²) in [6.07, 6.45) is 4.64. The smallest absolute Gasteiger partial charge is 0.240 e. The number of amides is 2. The van der Waals surface area contributed by atoms with E-state index < -0.39 is 10.0 Å². The van der Waals surface area contributed by atoms with Crippen LogP contribution in [0.2, 0.25) is 0 Å². The summed E-state index contributed by atoms with van der Waals surface area (Å²) in [6.45, 7) is 5.93. The average molecular weight is 498 g/mol. The largest absolute Gasteiger partial charge is 0.326 e. The van der Waals surface area contributed by atoms with E-state index >= 15 is 0 Å². The number of sulfonamides is 1. The van der Waals surface area contributed by atoms with Crippen LogP contribution >= 0.6 is 0 Å². The first-order valence-corrected chi connectivity index (χ1v) is 14.0. The summed E-state index contributed by atoms with van der Waals surface area (Å²) in [5, 5.41) is 3.08. The predicted octanol–water partition coefficient (Wildman–Crippen LogP) is 4.27. The number of carbonyl (C=O) groups excluding carboxylic acids is 2. The number of hydrogen-bond donors (Lipinski definition) is 2. The summed E-state index contributed by atoms with van der Waals surface area (Å²) in [4.78, 5) is 26.7. The molecule has 8 heteroatoms. The van der Waals surface area contributed by atoms with Crippen LogP contribution in [0.4, 0.5) is 11.4 Å². The molecule has 0 unspecified atom stereocenters. The molecule has 1 aliphatic carbocycles. The van der Waals surface area contributed by atoms with Gasteiger partial charge >= 0.3 is 0 Å². The molecule has 4 rings (SSSR count). The molecule has 1 aliphatic heterocycles. The zero-order valence-corrected chi connectivity index (χ0v) is 21.5. The van der Waals surface area contributed by atoms with Gasteiger partial charge in [0, 0.05) is 36.8 Å². The van der Waals surface area contributed by atoms with Crippen molar-refractivity contribution in [1.82, 2.24) is 4.72 Å². The molecule has 0 saturated heterocycles. The van der Waals surface area contributed by atoms with E-state index in [1.54, 1.807) is 23.1 Å². The Balaban J connectivity index is 1.30. The summed E-state index contributed by atoms with van der Waals surface area (Å²) in [7, 11) is -3.65. The van der Waals surface area contributed by atoms with Crippen molar-refractivity contribution in [2.24, 2.45) is 11.8 Å². The molecule has 1 heterocycles. The van der Waals surface area contributed by atoms with Gasteiger partial charge in [-0.3, -0.25) is 9.59 Å². The summed E-state index contributed by atoms with van der Waals surface area (Å²) in [5.74, 6) is 0.177. The molecule has 0 radical (unpaired) electrons. The van der Waals surface area contributed by atoms with Gasteiger partial charge in [-0.1, -0.05) is 25.1 Å². The second kappa shape index (κ2) is 10.5. The molecule has 188 valence electrons. The van der Waals surface area contributed by atoms with Gasteiger partial charge in [-0.2, -0.15) is 0 Å². The van der Waals surface area contributed by atoms with Crippen LogP contribution in [0.5, 0.6) is 0 Å². The zero-order chi connectivity index (χ0) is 25.2. The maximum atomic E-state index is 13.0. The molecule has 2 aromatic rings. The van der Waals surface area contributed by atoms with Crippen LogP contribution in [0.25, 0.3) is 0 Å². The lowest BCUT2D eigenvalue weighted by atomic mass is 9.81. The fourth-order valence-corrected chi connectivity index (χ4v) is 6.55. The lowest BCUT2D eigenvalue weighted by Crippen LogP contribution is -2.34. The monoisotopic (exact) mass is 497 g/mol. The Hall–Kier alpha value is -2.71. The fraction of sp³-hybridized carbons (Fsp3) is 0.481. The number of hydrogen-bond acceptors (Lipinski definition) is 4. The molecule has 0 bridgehead atoms. The molecule has 0 aromatic heterocycles. The number of fused-ring (bicyclic) bond motifs is 1. The van der Waals surface area contributed by atoms with Crippen molar-refractivity contribution in [3.05, 3.63) is 53.6 Å². The Labute approximate surface area is 208 Å². The number of carbonyl (C=O) groups is 2. The molecule has 2 aromatic carbocycles. The standard InChI is InChI=1S/C27H35N3O4S/c1-4-21-7-5-6-8-25(21)29-27(32)22-11-9-20(10-12-22)17-28-35(33,34)24-13-14-26-23(16-24)15-18(2)30(26)19(3)31/h5-8,13-14,16,18,20,22,28H,4,9-12,15,17H2,1-3H3,(H,29,32)/t18-,20?,22?/m1/s1. The van der Waals surface area contributed by atoms with Crippen molar-refractivity contribution in [2.45, 2.75) is 70.2 Å². The highest BCUT2D eigenvalue weighted by Gasteiger charge is 2.31. The third kappa shape index (κ3) is 5.59. The second-order valence-corrected chi connectivity index (χ2v) is 11.6. The molecule has 1 fully saturated rings. The van der Waals surface area contributed by atoms with Gasteiger partial charge < -0.3 is 10.2 Å². The van der Waals surface area contributed by atoms with Gasteiger partial charge in [-0.05, 0) is 86.8 Å². The highest BCUT2D eigenvalue weighted by Crippen LogP contribution is 2.34. The van der Waals surface area contributed by atoms with E-state index in [-0.39, 0.29) is 34.6 Å². The topological polar surface area (TPSA) is 95.6 Å². The van der Waals surface area contributed by atoms with E-state index in [1.807, 2.05) is 31.2 Å². The summed E-state index contributed by atoms with van der Waals surface area (Å²) in [5.41, 5.74) is 3.68. The maximum absolute atomic E-state index is 13.0. The van der Waals surface area contributed by atoms with Crippen molar-refractivity contribution < 1.29 is 18.0 Å². The van der Waals surface area contributed by atoms with Crippen LogP contribution in [0.3, 0.4) is 0 Å². The third-order valence-electron chi connectivity index (χ3n) is 7.35. The lowest BCUT2D eigenvalue weighted by molar-refractivity contribution is -0.121. The SMILES string of the molecule is CCc1ccccc1NC(=O)C1CCC(CNS(=O)(=O)c2ccc3c(c2)C[C@@H](C)N3C(C)=O)CC1. The number of para-hydroxylation sites is 1. The van der Waals surface area contributed by atoms with Gasteiger partial charge in [0.2, 0.25) is 21.8 Å². The predicted molar refractivity (Wildman–Crippen MR) is 138 cm³/mol. The number of nitrogens with zero attached hydrogens (tertiary/aromatic N) is 1. The van der Waals surface area contributed by atoms with Crippen LogP contribution in [0, 0.1) is 11.8 Å². The van der Waals surface area contributed by atoms with E-state index in [2.05, 4.69) is 17.0 Å². The first kappa shape index (κ1) is 25.4. The first-order valence-electron chi connectivity index (χ1n) is 12.5. The van der Waals surface area contributed by atoms with E-state index in [0.29, 0.717) is 13.0 Å². The molecule has 1 saturated carbocycles. The highest BCUT2D eigenvalue weighted by atomic mass is 32.2. The summed E-state index contributed by atoms with van der Waals surface area (Å²) in [6, 6.07) is 12.9. The molecule has 7 nitrogen and oxygen atoms in total. The van der Waals surface area contributed by atoms with Crippen LogP contribution in [-0.2, 0) is 32.5 Å². The Morgan fingerprint density at radius 3 is 2.46 bits per heavy atom. The van der Waals surface area contributed by atoms with Crippen molar-refractivity contribution in [2.75, 3.05) is 16.8 Å². The van der Waals surface area contributed by atoms with Gasteiger partial charge in [-0.15, -0.1) is 0 Å². The minimum Gasteiger partial charge on any atom is -0.326 e. The van der Waals surface area contributed by atoms with E-state index in [1.165, 1.54) is 6.92 Å². The maximum Gasteiger partial charge on any atom is 0.240 e. The molecule has 2 aliphatic rings. The van der Waals surface area contributed by atoms with E-state index in [9.17, 15) is 18.0 Å². The Kier molecular flexibility index (Phi) is 7.62.